The third-order valence-corrected chi connectivity index (χ3v) is 4.57. The number of methoxy groups -OCH3 is 1. The van der Waals surface area contributed by atoms with E-state index in [1.807, 2.05) is 19.9 Å². The number of anilines is 2. The number of morpholine rings is 1. The molecule has 150 valence electrons. The standard InChI is InChI=1S/C19H23ClN4O4/c1-4-28-17-14(20)11-21-19(23-17)22-15-9-12(2)13(10-16(15)26-3)18(25)24-5-7-27-8-6-24/h9-11H,4-8H2,1-3H3,(H,21,22,23). The summed E-state index contributed by atoms with van der Waals surface area (Å²) in [5.41, 5.74) is 2.05. The van der Waals surface area contributed by atoms with Crippen LogP contribution in [0.25, 0.3) is 0 Å². The Morgan fingerprint density at radius 3 is 2.79 bits per heavy atom. The summed E-state index contributed by atoms with van der Waals surface area (Å²) in [6, 6.07) is 3.57. The number of hydrogen-bond donors (Lipinski definition) is 1. The normalized spacial score (nSPS) is 13.9. The molecule has 0 bridgehead atoms. The van der Waals surface area contributed by atoms with E-state index in [0.717, 1.165) is 5.56 Å². The first-order valence-electron chi connectivity index (χ1n) is 9.01. The molecule has 0 saturated carbocycles. The molecule has 9 heteroatoms. The number of hydrogen-bond acceptors (Lipinski definition) is 7. The zero-order valence-corrected chi connectivity index (χ0v) is 16.9. The SMILES string of the molecule is CCOc1nc(Nc2cc(C)c(C(=O)N3CCOCC3)cc2OC)ncc1Cl. The number of aryl methyl sites for hydroxylation is 1. The van der Waals surface area contributed by atoms with Gasteiger partial charge in [-0.25, -0.2) is 4.98 Å². The first-order valence-corrected chi connectivity index (χ1v) is 9.39. The highest BCUT2D eigenvalue weighted by molar-refractivity contribution is 6.31. The Balaban J connectivity index is 1.87. The Kier molecular flexibility index (Phi) is 6.53. The van der Waals surface area contributed by atoms with Crippen LogP contribution in [0.1, 0.15) is 22.8 Å². The maximum Gasteiger partial charge on any atom is 0.254 e. The fourth-order valence-electron chi connectivity index (χ4n) is 2.89. The summed E-state index contributed by atoms with van der Waals surface area (Å²) in [6.07, 6.45) is 1.47. The molecule has 28 heavy (non-hydrogen) atoms. The number of benzene rings is 1. The third kappa shape index (κ3) is 4.45. The number of aromatic nitrogens is 2. The van der Waals surface area contributed by atoms with Crippen molar-refractivity contribution in [1.29, 1.82) is 0 Å². The maximum atomic E-state index is 12.9. The van der Waals surface area contributed by atoms with Crippen molar-refractivity contribution >= 4 is 29.1 Å². The maximum absolute atomic E-state index is 12.9. The molecule has 1 amide bonds. The van der Waals surface area contributed by atoms with Crippen molar-refractivity contribution in [2.45, 2.75) is 13.8 Å². The topological polar surface area (TPSA) is 85.8 Å². The monoisotopic (exact) mass is 406 g/mol. The minimum absolute atomic E-state index is 0.0352. The predicted octanol–water partition coefficient (Wildman–Crippen LogP) is 3.06. The molecule has 8 nitrogen and oxygen atoms in total. The van der Waals surface area contributed by atoms with Gasteiger partial charge < -0.3 is 24.4 Å². The quantitative estimate of drug-likeness (QED) is 0.788. The van der Waals surface area contributed by atoms with E-state index in [0.29, 0.717) is 66.8 Å². The van der Waals surface area contributed by atoms with Crippen molar-refractivity contribution < 1.29 is 19.0 Å². The van der Waals surface area contributed by atoms with Crippen molar-refractivity contribution in [2.75, 3.05) is 45.3 Å². The molecule has 0 spiro atoms. The van der Waals surface area contributed by atoms with E-state index in [2.05, 4.69) is 15.3 Å². The van der Waals surface area contributed by atoms with E-state index in [9.17, 15) is 4.79 Å². The lowest BCUT2D eigenvalue weighted by molar-refractivity contribution is 0.0302. The van der Waals surface area contributed by atoms with Gasteiger partial charge in [0, 0.05) is 18.7 Å². The number of rotatable bonds is 6. The molecular formula is C19H23ClN4O4. The van der Waals surface area contributed by atoms with Crippen LogP contribution in [0.5, 0.6) is 11.6 Å². The summed E-state index contributed by atoms with van der Waals surface area (Å²) in [7, 11) is 1.55. The molecule has 1 N–H and O–H groups in total. The number of nitrogens with zero attached hydrogens (tertiary/aromatic N) is 3. The molecule has 0 radical (unpaired) electrons. The van der Waals surface area contributed by atoms with Crippen molar-refractivity contribution in [3.63, 3.8) is 0 Å². The minimum Gasteiger partial charge on any atom is -0.495 e. The first kappa shape index (κ1) is 20.2. The van der Waals surface area contributed by atoms with E-state index in [1.54, 1.807) is 18.1 Å². The van der Waals surface area contributed by atoms with Gasteiger partial charge in [0.25, 0.3) is 5.91 Å². The molecule has 0 unspecified atom stereocenters. The summed E-state index contributed by atoms with van der Waals surface area (Å²) >= 11 is 6.04. The lowest BCUT2D eigenvalue weighted by atomic mass is 10.1. The van der Waals surface area contributed by atoms with E-state index >= 15 is 0 Å². The average molecular weight is 407 g/mol. The second-order valence-corrected chi connectivity index (χ2v) is 6.58. The molecule has 2 heterocycles. The van der Waals surface area contributed by atoms with E-state index in [4.69, 9.17) is 25.8 Å². The van der Waals surface area contributed by atoms with Gasteiger partial charge in [-0.15, -0.1) is 0 Å². The van der Waals surface area contributed by atoms with Gasteiger partial charge in [-0.05, 0) is 31.5 Å². The van der Waals surface area contributed by atoms with Crippen LogP contribution in [0.3, 0.4) is 0 Å². The summed E-state index contributed by atoms with van der Waals surface area (Å²) in [5.74, 6) is 1.10. The molecule has 0 atom stereocenters. The number of carbonyl (C=O) groups is 1. The Labute approximate surface area is 168 Å². The van der Waals surface area contributed by atoms with Gasteiger partial charge in [0.2, 0.25) is 11.8 Å². The first-order chi connectivity index (χ1) is 13.5. The largest absolute Gasteiger partial charge is 0.495 e. The van der Waals surface area contributed by atoms with Crippen LogP contribution in [-0.4, -0.2) is 60.8 Å². The van der Waals surface area contributed by atoms with Crippen LogP contribution in [0, 0.1) is 6.92 Å². The van der Waals surface area contributed by atoms with Gasteiger partial charge >= 0.3 is 0 Å². The second-order valence-electron chi connectivity index (χ2n) is 6.18. The third-order valence-electron chi connectivity index (χ3n) is 4.31. The molecule has 1 aromatic heterocycles. The van der Waals surface area contributed by atoms with Crippen LogP contribution in [0.15, 0.2) is 18.3 Å². The fourth-order valence-corrected chi connectivity index (χ4v) is 3.04. The lowest BCUT2D eigenvalue weighted by Crippen LogP contribution is -2.40. The summed E-state index contributed by atoms with van der Waals surface area (Å²) in [5, 5.41) is 3.44. The smallest absolute Gasteiger partial charge is 0.254 e. The zero-order chi connectivity index (χ0) is 20.1. The Morgan fingerprint density at radius 2 is 2.11 bits per heavy atom. The summed E-state index contributed by atoms with van der Waals surface area (Å²) < 4.78 is 16.2. The highest BCUT2D eigenvalue weighted by Gasteiger charge is 2.22. The van der Waals surface area contributed by atoms with Gasteiger partial charge in [-0.1, -0.05) is 11.6 Å². The predicted molar refractivity (Wildman–Crippen MR) is 106 cm³/mol. The van der Waals surface area contributed by atoms with Crippen molar-refractivity contribution in [3.8, 4) is 11.6 Å². The number of amides is 1. The van der Waals surface area contributed by atoms with Gasteiger partial charge in [0.05, 0.1) is 38.8 Å². The summed E-state index contributed by atoms with van der Waals surface area (Å²) in [4.78, 5) is 23.1. The van der Waals surface area contributed by atoms with Gasteiger partial charge in [-0.2, -0.15) is 4.98 Å². The fraction of sp³-hybridized carbons (Fsp3) is 0.421. The van der Waals surface area contributed by atoms with Crippen LogP contribution in [0.2, 0.25) is 5.02 Å². The van der Waals surface area contributed by atoms with Crippen molar-refractivity contribution in [1.82, 2.24) is 14.9 Å². The molecule has 1 aromatic carbocycles. The van der Waals surface area contributed by atoms with Crippen LogP contribution >= 0.6 is 11.6 Å². The van der Waals surface area contributed by atoms with Crippen molar-refractivity contribution in [2.24, 2.45) is 0 Å². The molecule has 1 saturated heterocycles. The van der Waals surface area contributed by atoms with E-state index < -0.39 is 0 Å². The Hall–Kier alpha value is -2.58. The lowest BCUT2D eigenvalue weighted by Gasteiger charge is -2.27. The van der Waals surface area contributed by atoms with Crippen LogP contribution in [-0.2, 0) is 4.74 Å². The molecule has 2 aromatic rings. The molecule has 1 fully saturated rings. The number of nitrogens with one attached hydrogen (secondary N) is 1. The van der Waals surface area contributed by atoms with E-state index in [1.165, 1.54) is 6.20 Å². The average Bonchev–Trinajstić information content (AvgIpc) is 2.71. The molecule has 1 aliphatic rings. The molecule has 1 aliphatic heterocycles. The molecular weight excluding hydrogens is 384 g/mol. The molecule has 3 rings (SSSR count). The van der Waals surface area contributed by atoms with Gasteiger partial charge in [0.15, 0.2) is 0 Å². The summed E-state index contributed by atoms with van der Waals surface area (Å²) in [6.45, 7) is 6.44. The van der Waals surface area contributed by atoms with Crippen LogP contribution < -0.4 is 14.8 Å². The Morgan fingerprint density at radius 1 is 1.36 bits per heavy atom. The number of carbonyl (C=O) groups excluding carboxylic acids is 1. The number of halogens is 1. The highest BCUT2D eigenvalue weighted by atomic mass is 35.5. The molecule has 0 aliphatic carbocycles. The van der Waals surface area contributed by atoms with Crippen LogP contribution in [0.4, 0.5) is 11.6 Å². The van der Waals surface area contributed by atoms with E-state index in [-0.39, 0.29) is 5.91 Å². The van der Waals surface area contributed by atoms with Gasteiger partial charge in [0.1, 0.15) is 10.8 Å². The minimum atomic E-state index is -0.0352. The van der Waals surface area contributed by atoms with Gasteiger partial charge in [-0.3, -0.25) is 4.79 Å². The van der Waals surface area contributed by atoms with Crippen molar-refractivity contribution in [3.05, 3.63) is 34.5 Å². The zero-order valence-electron chi connectivity index (χ0n) is 16.1. The highest BCUT2D eigenvalue weighted by Crippen LogP contribution is 2.32. The second kappa shape index (κ2) is 9.07. The number of ether oxygens (including phenoxy) is 3. The Bertz CT molecular complexity index is 856.